The van der Waals surface area contributed by atoms with Crippen LogP contribution >= 0.6 is 22.7 Å². The van der Waals surface area contributed by atoms with Crippen molar-refractivity contribution < 1.29 is 0 Å². The number of fused-ring (bicyclic) bond motifs is 1. The van der Waals surface area contributed by atoms with Crippen LogP contribution in [0.25, 0.3) is 9.40 Å². The Morgan fingerprint density at radius 1 is 1.47 bits per heavy atom. The van der Waals surface area contributed by atoms with Gasteiger partial charge in [0.25, 0.3) is 0 Å². The van der Waals surface area contributed by atoms with Crippen LogP contribution in [-0.4, -0.2) is 14.8 Å². The Labute approximate surface area is 119 Å². The van der Waals surface area contributed by atoms with Crippen LogP contribution in [0.4, 0.5) is 0 Å². The Bertz CT molecular complexity index is 640. The SMILES string of the molecule is CCn1ncnc1CC(NN)c1cc2sccc2s1. The molecule has 0 aliphatic rings. The minimum atomic E-state index is 0.0825. The number of aromatic nitrogens is 3. The average molecular weight is 293 g/mol. The summed E-state index contributed by atoms with van der Waals surface area (Å²) in [7, 11) is 0. The highest BCUT2D eigenvalue weighted by Crippen LogP contribution is 2.34. The fourth-order valence-corrected chi connectivity index (χ4v) is 4.27. The van der Waals surface area contributed by atoms with Crippen molar-refractivity contribution in [3.05, 3.63) is 34.5 Å². The number of nitrogens with two attached hydrogens (primary N) is 1. The van der Waals surface area contributed by atoms with Crippen molar-refractivity contribution >= 4 is 32.1 Å². The van der Waals surface area contributed by atoms with Crippen molar-refractivity contribution in [3.63, 3.8) is 0 Å². The molecule has 0 aliphatic carbocycles. The van der Waals surface area contributed by atoms with Crippen LogP contribution in [0.2, 0.25) is 0 Å². The van der Waals surface area contributed by atoms with Crippen LogP contribution in [0.5, 0.6) is 0 Å². The molecule has 1 atom stereocenters. The molecule has 3 aromatic rings. The molecule has 3 heterocycles. The van der Waals surface area contributed by atoms with Gasteiger partial charge in [0, 0.05) is 27.2 Å². The Hall–Kier alpha value is -1.28. The normalized spacial score (nSPS) is 13.2. The maximum Gasteiger partial charge on any atom is 0.138 e. The Morgan fingerprint density at radius 2 is 2.37 bits per heavy atom. The molecular weight excluding hydrogens is 278 g/mol. The number of hydrogen-bond acceptors (Lipinski definition) is 6. The van der Waals surface area contributed by atoms with Crippen LogP contribution in [0.15, 0.2) is 23.8 Å². The second-order valence-electron chi connectivity index (χ2n) is 4.21. The topological polar surface area (TPSA) is 68.8 Å². The summed E-state index contributed by atoms with van der Waals surface area (Å²) in [4.78, 5) is 5.55. The number of nitrogens with zero attached hydrogens (tertiary/aromatic N) is 3. The molecule has 0 aromatic carbocycles. The summed E-state index contributed by atoms with van der Waals surface area (Å²) in [5, 5.41) is 6.31. The van der Waals surface area contributed by atoms with E-state index in [0.717, 1.165) is 18.8 Å². The van der Waals surface area contributed by atoms with Gasteiger partial charge >= 0.3 is 0 Å². The molecule has 0 aliphatic heterocycles. The maximum atomic E-state index is 5.71. The lowest BCUT2D eigenvalue weighted by Crippen LogP contribution is -2.29. The molecule has 5 nitrogen and oxygen atoms in total. The van der Waals surface area contributed by atoms with Crippen molar-refractivity contribution in [3.8, 4) is 0 Å². The van der Waals surface area contributed by atoms with Gasteiger partial charge in [0.2, 0.25) is 0 Å². The lowest BCUT2D eigenvalue weighted by Gasteiger charge is -2.13. The van der Waals surface area contributed by atoms with E-state index in [4.69, 9.17) is 5.84 Å². The van der Waals surface area contributed by atoms with Gasteiger partial charge in [-0.3, -0.25) is 16.0 Å². The molecule has 0 fully saturated rings. The minimum absolute atomic E-state index is 0.0825. The van der Waals surface area contributed by atoms with E-state index < -0.39 is 0 Å². The molecule has 3 rings (SSSR count). The molecule has 3 aromatic heterocycles. The summed E-state index contributed by atoms with van der Waals surface area (Å²) in [6.45, 7) is 2.89. The van der Waals surface area contributed by atoms with E-state index in [1.165, 1.54) is 14.3 Å². The Balaban J connectivity index is 1.86. The monoisotopic (exact) mass is 293 g/mol. The van der Waals surface area contributed by atoms with Gasteiger partial charge in [0.05, 0.1) is 6.04 Å². The third-order valence-corrected chi connectivity index (χ3v) is 5.29. The Kier molecular flexibility index (Phi) is 3.61. The average Bonchev–Trinajstić information content (AvgIpc) is 3.10. The minimum Gasteiger partial charge on any atom is -0.271 e. The molecule has 0 amide bonds. The number of nitrogens with one attached hydrogen (secondary N) is 1. The van der Waals surface area contributed by atoms with E-state index in [0.29, 0.717) is 0 Å². The molecule has 0 saturated carbocycles. The summed E-state index contributed by atoms with van der Waals surface area (Å²) in [5.74, 6) is 6.67. The van der Waals surface area contributed by atoms with Crippen molar-refractivity contribution in [1.29, 1.82) is 0 Å². The van der Waals surface area contributed by atoms with E-state index in [2.05, 4.69) is 39.9 Å². The first-order valence-electron chi connectivity index (χ1n) is 6.11. The third-order valence-electron chi connectivity index (χ3n) is 3.09. The Morgan fingerprint density at radius 3 is 3.11 bits per heavy atom. The molecule has 19 heavy (non-hydrogen) atoms. The molecule has 3 N–H and O–H groups in total. The molecule has 0 bridgehead atoms. The van der Waals surface area contributed by atoms with E-state index in [9.17, 15) is 0 Å². The zero-order valence-corrected chi connectivity index (χ0v) is 12.2. The van der Waals surface area contributed by atoms with Crippen molar-refractivity contribution in [2.45, 2.75) is 25.9 Å². The maximum absolute atomic E-state index is 5.71. The molecule has 100 valence electrons. The highest BCUT2D eigenvalue weighted by molar-refractivity contribution is 7.26. The first-order valence-corrected chi connectivity index (χ1v) is 7.81. The van der Waals surface area contributed by atoms with E-state index in [-0.39, 0.29) is 6.04 Å². The molecule has 1 unspecified atom stereocenters. The number of thiophene rings is 2. The first kappa shape index (κ1) is 12.7. The number of rotatable bonds is 5. The van der Waals surface area contributed by atoms with Gasteiger partial charge < -0.3 is 0 Å². The summed E-state index contributed by atoms with van der Waals surface area (Å²) in [5.41, 5.74) is 2.89. The smallest absolute Gasteiger partial charge is 0.138 e. The van der Waals surface area contributed by atoms with Crippen molar-refractivity contribution in [2.75, 3.05) is 0 Å². The van der Waals surface area contributed by atoms with Crippen LogP contribution < -0.4 is 11.3 Å². The second-order valence-corrected chi connectivity index (χ2v) is 6.28. The van der Waals surface area contributed by atoms with Crippen LogP contribution in [0.3, 0.4) is 0 Å². The fourth-order valence-electron chi connectivity index (χ4n) is 2.09. The van der Waals surface area contributed by atoms with Gasteiger partial charge in [-0.2, -0.15) is 5.10 Å². The van der Waals surface area contributed by atoms with Gasteiger partial charge in [-0.25, -0.2) is 4.98 Å². The summed E-state index contributed by atoms with van der Waals surface area (Å²) in [6, 6.07) is 4.44. The third kappa shape index (κ3) is 2.42. The van der Waals surface area contributed by atoms with Gasteiger partial charge in [-0.05, 0) is 24.4 Å². The number of hydrazine groups is 1. The van der Waals surface area contributed by atoms with Crippen LogP contribution in [-0.2, 0) is 13.0 Å². The largest absolute Gasteiger partial charge is 0.271 e. The zero-order chi connectivity index (χ0) is 13.2. The number of aryl methyl sites for hydroxylation is 1. The van der Waals surface area contributed by atoms with Gasteiger partial charge in [-0.15, -0.1) is 22.7 Å². The van der Waals surface area contributed by atoms with E-state index in [1.807, 2.05) is 4.68 Å². The number of hydrogen-bond donors (Lipinski definition) is 2. The quantitative estimate of drug-likeness (QED) is 0.559. The molecule has 0 saturated heterocycles. The van der Waals surface area contributed by atoms with E-state index in [1.54, 1.807) is 29.0 Å². The summed E-state index contributed by atoms with van der Waals surface area (Å²) in [6.07, 6.45) is 2.34. The fraction of sp³-hybridized carbons (Fsp3) is 0.333. The zero-order valence-electron chi connectivity index (χ0n) is 10.5. The highest BCUT2D eigenvalue weighted by atomic mass is 32.1. The predicted molar refractivity (Wildman–Crippen MR) is 79.2 cm³/mol. The van der Waals surface area contributed by atoms with Crippen molar-refractivity contribution in [2.24, 2.45) is 5.84 Å². The molecular formula is C12H15N5S2. The second kappa shape index (κ2) is 5.38. The van der Waals surface area contributed by atoms with E-state index >= 15 is 0 Å². The van der Waals surface area contributed by atoms with Gasteiger partial charge in [0.15, 0.2) is 0 Å². The highest BCUT2D eigenvalue weighted by Gasteiger charge is 2.17. The molecule has 7 heteroatoms. The van der Waals surface area contributed by atoms with Crippen LogP contribution in [0, 0.1) is 0 Å². The molecule has 0 radical (unpaired) electrons. The predicted octanol–water partition coefficient (Wildman–Crippen LogP) is 2.32. The lowest BCUT2D eigenvalue weighted by molar-refractivity contribution is 0.516. The lowest BCUT2D eigenvalue weighted by atomic mass is 10.1. The van der Waals surface area contributed by atoms with Crippen molar-refractivity contribution in [1.82, 2.24) is 20.2 Å². The van der Waals surface area contributed by atoms with Crippen LogP contribution in [0.1, 0.15) is 23.7 Å². The van der Waals surface area contributed by atoms with Gasteiger partial charge in [-0.1, -0.05) is 0 Å². The summed E-state index contributed by atoms with van der Waals surface area (Å²) >= 11 is 3.54. The summed E-state index contributed by atoms with van der Waals surface area (Å²) < 4.78 is 4.54. The standard InChI is InChI=1S/C12H15N5S2/c1-2-17-12(14-7-15-17)5-8(16-13)10-6-11-9(19-10)3-4-18-11/h3-4,6-8,16H,2,5,13H2,1H3. The van der Waals surface area contributed by atoms with Gasteiger partial charge in [0.1, 0.15) is 12.2 Å². The molecule has 0 spiro atoms. The first-order chi connectivity index (χ1) is 9.31.